The van der Waals surface area contributed by atoms with Gasteiger partial charge < -0.3 is 24.6 Å². The van der Waals surface area contributed by atoms with E-state index < -0.39 is 23.7 Å². The number of aliphatic carboxylic acids is 1. The smallest absolute Gasteiger partial charge is 0.305 e. The summed E-state index contributed by atoms with van der Waals surface area (Å²) in [4.78, 5) is 23.9. The van der Waals surface area contributed by atoms with Crippen LogP contribution in [0.25, 0.3) is 0 Å². The van der Waals surface area contributed by atoms with E-state index in [-0.39, 0.29) is 12.0 Å². The molecule has 1 heterocycles. The van der Waals surface area contributed by atoms with Gasteiger partial charge >= 0.3 is 5.97 Å². The van der Waals surface area contributed by atoms with Gasteiger partial charge in [-0.3, -0.25) is 9.59 Å². The molecule has 0 saturated heterocycles. The van der Waals surface area contributed by atoms with Crippen LogP contribution in [0, 0.1) is 5.82 Å². The number of halogens is 1. The van der Waals surface area contributed by atoms with Gasteiger partial charge in [0.25, 0.3) is 5.91 Å². The Labute approximate surface area is 154 Å². The second-order valence-electron chi connectivity index (χ2n) is 5.88. The van der Waals surface area contributed by atoms with Gasteiger partial charge in [-0.25, -0.2) is 4.39 Å². The summed E-state index contributed by atoms with van der Waals surface area (Å²) < 4.78 is 29.4. The Morgan fingerprint density at radius 2 is 1.93 bits per heavy atom. The molecule has 2 aromatic carbocycles. The molecule has 0 spiro atoms. The predicted molar refractivity (Wildman–Crippen MR) is 92.8 cm³/mol. The fraction of sp³-hybridized carbons (Fsp3) is 0.263. The molecule has 0 unspecified atom stereocenters. The summed E-state index contributed by atoms with van der Waals surface area (Å²) in [6.07, 6.45) is -0.348. The fourth-order valence-electron chi connectivity index (χ4n) is 2.77. The highest BCUT2D eigenvalue weighted by Gasteiger charge is 2.23. The molecule has 0 saturated carbocycles. The molecule has 1 aliphatic heterocycles. The lowest BCUT2D eigenvalue weighted by molar-refractivity contribution is -0.137. The van der Waals surface area contributed by atoms with Crippen LogP contribution in [0.15, 0.2) is 36.4 Å². The molecule has 0 fully saturated rings. The summed E-state index contributed by atoms with van der Waals surface area (Å²) in [7, 11) is 1.45. The minimum absolute atomic E-state index is 0.230. The topological polar surface area (TPSA) is 94.1 Å². The highest BCUT2D eigenvalue weighted by Crippen LogP contribution is 2.40. The van der Waals surface area contributed by atoms with Gasteiger partial charge in [0.1, 0.15) is 19.0 Å². The summed E-state index contributed by atoms with van der Waals surface area (Å²) in [6, 6.07) is 7.48. The minimum atomic E-state index is -1.09. The van der Waals surface area contributed by atoms with Gasteiger partial charge in [-0.15, -0.1) is 0 Å². The molecule has 1 atom stereocenters. The number of carbonyl (C=O) groups excluding carboxylic acids is 1. The number of nitrogens with one attached hydrogen (secondary N) is 1. The van der Waals surface area contributed by atoms with Crippen LogP contribution in [0.4, 0.5) is 4.39 Å². The van der Waals surface area contributed by atoms with Crippen molar-refractivity contribution in [3.63, 3.8) is 0 Å². The van der Waals surface area contributed by atoms with Crippen molar-refractivity contribution in [3.8, 4) is 17.2 Å². The van der Waals surface area contributed by atoms with E-state index in [9.17, 15) is 14.0 Å². The molecule has 0 bridgehead atoms. The number of carboxylic acids is 1. The van der Waals surface area contributed by atoms with Crippen LogP contribution >= 0.6 is 0 Å². The SMILES string of the molecule is COc1cc(C(=O)N[C@@H](CC(=O)O)c2ccc(F)cc2)cc2c1OCCO2. The van der Waals surface area contributed by atoms with Gasteiger partial charge in [-0.05, 0) is 29.8 Å². The molecule has 7 nitrogen and oxygen atoms in total. The molecule has 0 aromatic heterocycles. The molecular formula is C19H18FNO6. The largest absolute Gasteiger partial charge is 0.493 e. The van der Waals surface area contributed by atoms with Crippen LogP contribution in [0.2, 0.25) is 0 Å². The van der Waals surface area contributed by atoms with E-state index >= 15 is 0 Å². The van der Waals surface area contributed by atoms with Crippen molar-refractivity contribution in [2.75, 3.05) is 20.3 Å². The average Bonchev–Trinajstić information content (AvgIpc) is 2.66. The van der Waals surface area contributed by atoms with Crippen molar-refractivity contribution >= 4 is 11.9 Å². The molecule has 8 heteroatoms. The molecular weight excluding hydrogens is 357 g/mol. The van der Waals surface area contributed by atoms with Crippen molar-refractivity contribution < 1.29 is 33.3 Å². The monoisotopic (exact) mass is 375 g/mol. The van der Waals surface area contributed by atoms with E-state index in [2.05, 4.69) is 5.32 Å². The number of benzene rings is 2. The molecule has 0 radical (unpaired) electrons. The average molecular weight is 375 g/mol. The number of rotatable bonds is 6. The third kappa shape index (κ3) is 4.28. The number of hydrogen-bond acceptors (Lipinski definition) is 5. The van der Waals surface area contributed by atoms with E-state index in [1.807, 2.05) is 0 Å². The number of hydrogen-bond donors (Lipinski definition) is 2. The highest BCUT2D eigenvalue weighted by atomic mass is 19.1. The Morgan fingerprint density at radius 1 is 1.22 bits per heavy atom. The third-order valence-corrected chi connectivity index (χ3v) is 4.05. The lowest BCUT2D eigenvalue weighted by Crippen LogP contribution is -2.30. The zero-order valence-corrected chi connectivity index (χ0v) is 14.5. The number of carbonyl (C=O) groups is 2. The summed E-state index contributed by atoms with van der Waals surface area (Å²) in [6.45, 7) is 0.721. The van der Waals surface area contributed by atoms with E-state index in [4.69, 9.17) is 19.3 Å². The van der Waals surface area contributed by atoms with Gasteiger partial charge in [0, 0.05) is 5.56 Å². The van der Waals surface area contributed by atoms with Gasteiger partial charge in [0.2, 0.25) is 5.75 Å². The number of amides is 1. The molecule has 27 heavy (non-hydrogen) atoms. The number of carboxylic acid groups (broad SMARTS) is 1. The Morgan fingerprint density at radius 3 is 2.59 bits per heavy atom. The van der Waals surface area contributed by atoms with Crippen LogP contribution in [0.1, 0.15) is 28.4 Å². The predicted octanol–water partition coefficient (Wildman–Crippen LogP) is 2.55. The van der Waals surface area contributed by atoms with Crippen molar-refractivity contribution in [2.45, 2.75) is 12.5 Å². The lowest BCUT2D eigenvalue weighted by Gasteiger charge is -2.22. The Bertz CT molecular complexity index is 835. The molecule has 3 rings (SSSR count). The molecule has 1 aliphatic rings. The molecule has 0 aliphatic carbocycles. The van der Waals surface area contributed by atoms with Crippen molar-refractivity contribution in [2.24, 2.45) is 0 Å². The second-order valence-corrected chi connectivity index (χ2v) is 5.88. The zero-order valence-electron chi connectivity index (χ0n) is 14.5. The first kappa shape index (κ1) is 18.5. The van der Waals surface area contributed by atoms with Gasteiger partial charge in [-0.2, -0.15) is 0 Å². The Balaban J connectivity index is 1.87. The maximum absolute atomic E-state index is 13.1. The first-order valence-corrected chi connectivity index (χ1v) is 8.23. The maximum atomic E-state index is 13.1. The summed E-state index contributed by atoms with van der Waals surface area (Å²) in [5, 5.41) is 11.8. The van der Waals surface area contributed by atoms with E-state index in [0.29, 0.717) is 36.0 Å². The normalized spacial score (nSPS) is 13.6. The van der Waals surface area contributed by atoms with E-state index in [1.54, 1.807) is 0 Å². The maximum Gasteiger partial charge on any atom is 0.305 e. The third-order valence-electron chi connectivity index (χ3n) is 4.05. The number of methoxy groups -OCH3 is 1. The summed E-state index contributed by atoms with van der Waals surface area (Å²) in [5.74, 6) is -0.918. The van der Waals surface area contributed by atoms with E-state index in [0.717, 1.165) is 0 Å². The summed E-state index contributed by atoms with van der Waals surface area (Å²) >= 11 is 0. The Kier molecular flexibility index (Phi) is 5.44. The van der Waals surface area contributed by atoms with Crippen LogP contribution in [-0.4, -0.2) is 37.3 Å². The standard InChI is InChI=1S/C19H18FNO6/c1-25-15-8-12(9-16-18(15)27-7-6-26-16)19(24)21-14(10-17(22)23)11-2-4-13(20)5-3-11/h2-5,8-9,14H,6-7,10H2,1H3,(H,21,24)(H,22,23)/t14-/m0/s1. The van der Waals surface area contributed by atoms with Crippen LogP contribution < -0.4 is 19.5 Å². The first-order chi connectivity index (χ1) is 13.0. The number of fused-ring (bicyclic) bond motifs is 1. The quantitative estimate of drug-likeness (QED) is 0.806. The second kappa shape index (κ2) is 7.94. The van der Waals surface area contributed by atoms with Crippen LogP contribution in [0.5, 0.6) is 17.2 Å². The zero-order chi connectivity index (χ0) is 19.4. The van der Waals surface area contributed by atoms with Crippen LogP contribution in [-0.2, 0) is 4.79 Å². The molecule has 2 aromatic rings. The first-order valence-electron chi connectivity index (χ1n) is 8.23. The molecule has 1 amide bonds. The van der Waals surface area contributed by atoms with Crippen molar-refractivity contribution in [3.05, 3.63) is 53.3 Å². The molecule has 142 valence electrons. The minimum Gasteiger partial charge on any atom is -0.493 e. The fourth-order valence-corrected chi connectivity index (χ4v) is 2.77. The van der Waals surface area contributed by atoms with E-state index in [1.165, 1.54) is 43.5 Å². The Hall–Kier alpha value is -3.29. The highest BCUT2D eigenvalue weighted by molar-refractivity contribution is 5.96. The van der Waals surface area contributed by atoms with Gasteiger partial charge in [0.05, 0.1) is 19.6 Å². The summed E-state index contributed by atoms with van der Waals surface area (Å²) in [5.41, 5.74) is 0.713. The number of ether oxygens (including phenoxy) is 3. The van der Waals surface area contributed by atoms with Crippen molar-refractivity contribution in [1.82, 2.24) is 5.32 Å². The van der Waals surface area contributed by atoms with Gasteiger partial charge in [0.15, 0.2) is 11.5 Å². The van der Waals surface area contributed by atoms with Crippen LogP contribution in [0.3, 0.4) is 0 Å². The van der Waals surface area contributed by atoms with Crippen molar-refractivity contribution in [1.29, 1.82) is 0 Å². The van der Waals surface area contributed by atoms with Gasteiger partial charge in [-0.1, -0.05) is 12.1 Å². The lowest BCUT2D eigenvalue weighted by atomic mass is 10.0. The molecule has 2 N–H and O–H groups in total.